The minimum absolute atomic E-state index is 0.176. The van der Waals surface area contributed by atoms with Crippen LogP contribution >= 0.6 is 11.6 Å². The number of benzene rings is 2. The molecule has 0 unspecified atom stereocenters. The largest absolute Gasteiger partial charge is 0.495 e. The molecular formula is C17H14ClN3O3. The van der Waals surface area contributed by atoms with Crippen molar-refractivity contribution in [2.24, 2.45) is 0 Å². The Morgan fingerprint density at radius 2 is 1.83 bits per heavy atom. The van der Waals surface area contributed by atoms with Crippen LogP contribution in [0.3, 0.4) is 0 Å². The number of rotatable bonds is 4. The van der Waals surface area contributed by atoms with Gasteiger partial charge in [-0.2, -0.15) is 5.10 Å². The third-order valence-corrected chi connectivity index (χ3v) is 3.78. The molecular weight excluding hydrogens is 330 g/mol. The van der Waals surface area contributed by atoms with E-state index in [0.29, 0.717) is 22.2 Å². The first-order chi connectivity index (χ1) is 11.6. The van der Waals surface area contributed by atoms with Crippen LogP contribution in [-0.4, -0.2) is 22.8 Å². The highest BCUT2D eigenvalue weighted by molar-refractivity contribution is 6.34. The minimum atomic E-state index is -0.402. The summed E-state index contributed by atoms with van der Waals surface area (Å²) in [5.74, 6) is 0.128. The average molecular weight is 344 g/mol. The number of carbonyl (C=O) groups is 1. The molecule has 0 aliphatic heterocycles. The molecule has 0 atom stereocenters. The fourth-order valence-electron chi connectivity index (χ4n) is 2.37. The Bertz CT molecular complexity index is 969. The van der Waals surface area contributed by atoms with Crippen molar-refractivity contribution in [3.05, 3.63) is 64.0 Å². The number of para-hydroxylation sites is 2. The molecule has 1 aromatic heterocycles. The van der Waals surface area contributed by atoms with E-state index >= 15 is 0 Å². The van der Waals surface area contributed by atoms with Crippen molar-refractivity contribution in [1.29, 1.82) is 0 Å². The number of nitrogens with one attached hydrogen (secondary N) is 1. The molecule has 6 nitrogen and oxygen atoms in total. The third-order valence-electron chi connectivity index (χ3n) is 3.50. The Balaban J connectivity index is 1.88. The molecule has 122 valence electrons. The molecule has 7 heteroatoms. The number of ether oxygens (including phenoxy) is 1. The molecule has 3 rings (SSSR count). The first kappa shape index (κ1) is 16.0. The summed E-state index contributed by atoms with van der Waals surface area (Å²) in [4.78, 5) is 24.7. The molecule has 1 amide bonds. The van der Waals surface area contributed by atoms with Crippen molar-refractivity contribution >= 4 is 34.0 Å². The Morgan fingerprint density at radius 3 is 2.58 bits per heavy atom. The van der Waals surface area contributed by atoms with Gasteiger partial charge in [-0.25, -0.2) is 4.68 Å². The van der Waals surface area contributed by atoms with Crippen molar-refractivity contribution < 1.29 is 9.53 Å². The monoisotopic (exact) mass is 343 g/mol. The van der Waals surface area contributed by atoms with Gasteiger partial charge in [-0.1, -0.05) is 41.9 Å². The predicted octanol–water partition coefficient (Wildman–Crippen LogP) is 2.70. The molecule has 0 saturated heterocycles. The maximum Gasteiger partial charge on any atom is 0.275 e. The molecule has 0 aliphatic carbocycles. The lowest BCUT2D eigenvalue weighted by molar-refractivity contribution is -0.117. The predicted molar refractivity (Wildman–Crippen MR) is 92.6 cm³/mol. The van der Waals surface area contributed by atoms with E-state index in [0.717, 1.165) is 4.68 Å². The fourth-order valence-corrected chi connectivity index (χ4v) is 2.63. The van der Waals surface area contributed by atoms with E-state index < -0.39 is 5.91 Å². The molecule has 1 N–H and O–H groups in total. The van der Waals surface area contributed by atoms with Gasteiger partial charge in [0.25, 0.3) is 5.56 Å². The van der Waals surface area contributed by atoms with E-state index in [-0.39, 0.29) is 17.3 Å². The van der Waals surface area contributed by atoms with Gasteiger partial charge in [0.2, 0.25) is 5.91 Å². The number of halogens is 1. The number of amides is 1. The van der Waals surface area contributed by atoms with E-state index in [1.165, 1.54) is 7.11 Å². The zero-order chi connectivity index (χ0) is 17.1. The summed E-state index contributed by atoms with van der Waals surface area (Å²) in [7, 11) is 1.51. The lowest BCUT2D eigenvalue weighted by Crippen LogP contribution is -2.30. The molecule has 0 aliphatic rings. The zero-order valence-corrected chi connectivity index (χ0v) is 13.6. The fraction of sp³-hybridized carbons (Fsp3) is 0.118. The van der Waals surface area contributed by atoms with Gasteiger partial charge in [0.05, 0.1) is 18.2 Å². The Kier molecular flexibility index (Phi) is 4.48. The summed E-state index contributed by atoms with van der Waals surface area (Å²) in [6, 6.07) is 13.9. The molecule has 0 saturated carbocycles. The topological polar surface area (TPSA) is 73.2 Å². The molecule has 0 fully saturated rings. The maximum atomic E-state index is 12.4. The molecule has 0 radical (unpaired) electrons. The van der Waals surface area contributed by atoms with Crippen LogP contribution in [0.2, 0.25) is 5.15 Å². The van der Waals surface area contributed by atoms with E-state index in [1.54, 1.807) is 48.5 Å². The van der Waals surface area contributed by atoms with E-state index in [2.05, 4.69) is 10.4 Å². The number of anilines is 1. The molecule has 1 heterocycles. The standard InChI is InChI=1S/C17H14ClN3O3/c1-24-14-9-5-4-8-13(14)19-15(22)10-21-17(23)12-7-3-2-6-11(12)16(18)20-21/h2-9H,10H2,1H3,(H,19,22). The van der Waals surface area contributed by atoms with E-state index in [1.807, 2.05) is 0 Å². The summed E-state index contributed by atoms with van der Waals surface area (Å²) in [5, 5.41) is 7.86. The first-order valence-corrected chi connectivity index (χ1v) is 7.56. The third kappa shape index (κ3) is 3.09. The van der Waals surface area contributed by atoms with Crippen LogP contribution in [0.5, 0.6) is 5.75 Å². The molecule has 0 spiro atoms. The molecule has 3 aromatic rings. The van der Waals surface area contributed by atoms with Gasteiger partial charge in [0.1, 0.15) is 12.3 Å². The summed E-state index contributed by atoms with van der Waals surface area (Å²) in [6.07, 6.45) is 0. The Morgan fingerprint density at radius 1 is 1.17 bits per heavy atom. The zero-order valence-electron chi connectivity index (χ0n) is 12.8. The number of hydrogen-bond acceptors (Lipinski definition) is 4. The van der Waals surface area contributed by atoms with Crippen LogP contribution < -0.4 is 15.6 Å². The Labute approximate surface area is 142 Å². The van der Waals surface area contributed by atoms with Crippen LogP contribution in [0.4, 0.5) is 5.69 Å². The van der Waals surface area contributed by atoms with Crippen molar-refractivity contribution in [3.8, 4) is 5.75 Å². The summed E-state index contributed by atoms with van der Waals surface area (Å²) in [6.45, 7) is -0.249. The van der Waals surface area contributed by atoms with Crippen molar-refractivity contribution in [2.45, 2.75) is 6.54 Å². The minimum Gasteiger partial charge on any atom is -0.495 e. The van der Waals surface area contributed by atoms with Crippen molar-refractivity contribution in [3.63, 3.8) is 0 Å². The van der Waals surface area contributed by atoms with Crippen LogP contribution in [0, 0.1) is 0 Å². The second-order valence-electron chi connectivity index (χ2n) is 5.05. The highest BCUT2D eigenvalue weighted by Gasteiger charge is 2.13. The van der Waals surface area contributed by atoms with Gasteiger partial charge in [-0.15, -0.1) is 0 Å². The lowest BCUT2D eigenvalue weighted by atomic mass is 10.2. The van der Waals surface area contributed by atoms with Gasteiger partial charge in [-0.3, -0.25) is 9.59 Å². The SMILES string of the molecule is COc1ccccc1NC(=O)Cn1nc(Cl)c2ccccc2c1=O. The van der Waals surface area contributed by atoms with Gasteiger partial charge < -0.3 is 10.1 Å². The van der Waals surface area contributed by atoms with Crippen molar-refractivity contribution in [2.75, 3.05) is 12.4 Å². The number of aromatic nitrogens is 2. The number of hydrogen-bond donors (Lipinski definition) is 1. The Hall–Kier alpha value is -2.86. The first-order valence-electron chi connectivity index (χ1n) is 7.18. The highest BCUT2D eigenvalue weighted by atomic mass is 35.5. The van der Waals surface area contributed by atoms with Crippen LogP contribution in [0.1, 0.15) is 0 Å². The lowest BCUT2D eigenvalue weighted by Gasteiger charge is -2.11. The number of fused-ring (bicyclic) bond motifs is 1. The van der Waals surface area contributed by atoms with Crippen LogP contribution in [0.15, 0.2) is 53.3 Å². The van der Waals surface area contributed by atoms with Gasteiger partial charge in [0.15, 0.2) is 5.15 Å². The maximum absolute atomic E-state index is 12.4. The van der Waals surface area contributed by atoms with E-state index in [4.69, 9.17) is 16.3 Å². The van der Waals surface area contributed by atoms with Gasteiger partial charge in [0, 0.05) is 5.39 Å². The van der Waals surface area contributed by atoms with Gasteiger partial charge >= 0.3 is 0 Å². The number of carbonyl (C=O) groups excluding carboxylic acids is 1. The number of methoxy groups -OCH3 is 1. The highest BCUT2D eigenvalue weighted by Crippen LogP contribution is 2.23. The van der Waals surface area contributed by atoms with Crippen molar-refractivity contribution in [1.82, 2.24) is 9.78 Å². The number of nitrogens with zero attached hydrogens (tertiary/aromatic N) is 2. The summed E-state index contributed by atoms with van der Waals surface area (Å²) in [5.41, 5.74) is 0.148. The second-order valence-corrected chi connectivity index (χ2v) is 5.41. The summed E-state index contributed by atoms with van der Waals surface area (Å²) < 4.78 is 6.23. The van der Waals surface area contributed by atoms with E-state index in [9.17, 15) is 9.59 Å². The smallest absolute Gasteiger partial charge is 0.275 e. The van der Waals surface area contributed by atoms with Gasteiger partial charge in [-0.05, 0) is 18.2 Å². The normalized spacial score (nSPS) is 10.6. The molecule has 0 bridgehead atoms. The van der Waals surface area contributed by atoms with Crippen LogP contribution in [-0.2, 0) is 11.3 Å². The second kappa shape index (κ2) is 6.72. The summed E-state index contributed by atoms with van der Waals surface area (Å²) >= 11 is 6.10. The average Bonchev–Trinajstić information content (AvgIpc) is 2.60. The molecule has 2 aromatic carbocycles. The molecule has 24 heavy (non-hydrogen) atoms. The van der Waals surface area contributed by atoms with Crippen LogP contribution in [0.25, 0.3) is 10.8 Å². The quantitative estimate of drug-likeness (QED) is 0.790.